The van der Waals surface area contributed by atoms with Crippen molar-refractivity contribution in [2.75, 3.05) is 12.3 Å². The summed E-state index contributed by atoms with van der Waals surface area (Å²) in [5.74, 6) is 0.425. The number of hydrogen-bond acceptors (Lipinski definition) is 5. The molecule has 3 aromatic rings. The van der Waals surface area contributed by atoms with Crippen molar-refractivity contribution in [1.29, 1.82) is 0 Å². The number of fused-ring (bicyclic) bond motifs is 1. The van der Waals surface area contributed by atoms with Crippen molar-refractivity contribution >= 4 is 40.3 Å². The number of nitrogens with one attached hydrogen (secondary N) is 1. The second-order valence-electron chi connectivity index (χ2n) is 5.25. The van der Waals surface area contributed by atoms with E-state index in [1.807, 2.05) is 40.9 Å². The van der Waals surface area contributed by atoms with Crippen molar-refractivity contribution in [1.82, 2.24) is 14.7 Å². The van der Waals surface area contributed by atoms with E-state index >= 15 is 0 Å². The van der Waals surface area contributed by atoms with E-state index < -0.39 is 0 Å². The maximum atomic E-state index is 12.4. The molecule has 0 aliphatic carbocycles. The van der Waals surface area contributed by atoms with Gasteiger partial charge in [-0.1, -0.05) is 17.8 Å². The van der Waals surface area contributed by atoms with Gasteiger partial charge >= 0.3 is 0 Å². The highest BCUT2D eigenvalue weighted by Crippen LogP contribution is 2.23. The number of amides is 1. The molecular formula is C17H17N3O2S2. The van der Waals surface area contributed by atoms with Gasteiger partial charge in [0.15, 0.2) is 10.9 Å². The summed E-state index contributed by atoms with van der Waals surface area (Å²) in [4.78, 5) is 29.4. The van der Waals surface area contributed by atoms with Gasteiger partial charge in [-0.05, 0) is 30.7 Å². The van der Waals surface area contributed by atoms with Crippen LogP contribution in [0.15, 0.2) is 47.9 Å². The SMILES string of the molecule is CC(=O)NCCc1ccc(C(=O)CSc2ncc3ccccn23)s1. The molecule has 1 amide bonds. The minimum atomic E-state index is -0.0359. The van der Waals surface area contributed by atoms with Crippen molar-refractivity contribution in [2.45, 2.75) is 18.5 Å². The molecule has 3 rings (SSSR count). The number of rotatable bonds is 7. The van der Waals surface area contributed by atoms with Crippen LogP contribution in [0.3, 0.4) is 0 Å². The Morgan fingerprint density at radius 2 is 2.17 bits per heavy atom. The summed E-state index contributed by atoms with van der Waals surface area (Å²) in [7, 11) is 0. The van der Waals surface area contributed by atoms with Gasteiger partial charge in [-0.15, -0.1) is 11.3 Å². The molecule has 5 nitrogen and oxygen atoms in total. The Bertz CT molecular complexity index is 869. The monoisotopic (exact) mass is 359 g/mol. The van der Waals surface area contributed by atoms with Crippen molar-refractivity contribution in [3.63, 3.8) is 0 Å². The average Bonchev–Trinajstić information content (AvgIpc) is 3.19. The fraction of sp³-hybridized carbons (Fsp3) is 0.235. The van der Waals surface area contributed by atoms with Gasteiger partial charge in [0.05, 0.1) is 22.3 Å². The van der Waals surface area contributed by atoms with Crippen LogP contribution in [0.25, 0.3) is 5.52 Å². The third kappa shape index (κ3) is 4.04. The lowest BCUT2D eigenvalue weighted by atomic mass is 10.3. The molecule has 3 aromatic heterocycles. The van der Waals surface area contributed by atoms with E-state index in [1.54, 1.807) is 6.20 Å². The number of imidazole rings is 1. The zero-order valence-electron chi connectivity index (χ0n) is 13.2. The van der Waals surface area contributed by atoms with E-state index in [0.29, 0.717) is 12.3 Å². The summed E-state index contributed by atoms with van der Waals surface area (Å²) < 4.78 is 1.98. The Balaban J connectivity index is 1.57. The fourth-order valence-corrected chi connectivity index (χ4v) is 4.14. The van der Waals surface area contributed by atoms with Gasteiger partial charge in [-0.25, -0.2) is 4.98 Å². The van der Waals surface area contributed by atoms with Crippen LogP contribution in [-0.2, 0) is 11.2 Å². The third-order valence-corrected chi connectivity index (χ3v) is 5.57. The lowest BCUT2D eigenvalue weighted by Crippen LogP contribution is -2.22. The normalized spacial score (nSPS) is 10.9. The maximum absolute atomic E-state index is 12.4. The molecule has 0 atom stereocenters. The molecule has 0 bridgehead atoms. The smallest absolute Gasteiger partial charge is 0.216 e. The van der Waals surface area contributed by atoms with Crippen LogP contribution in [0.1, 0.15) is 21.5 Å². The van der Waals surface area contributed by atoms with E-state index in [0.717, 1.165) is 26.8 Å². The van der Waals surface area contributed by atoms with Gasteiger partial charge in [-0.2, -0.15) is 0 Å². The van der Waals surface area contributed by atoms with Gasteiger partial charge in [-0.3, -0.25) is 14.0 Å². The lowest BCUT2D eigenvalue weighted by molar-refractivity contribution is -0.118. The highest BCUT2D eigenvalue weighted by molar-refractivity contribution is 7.99. The Morgan fingerprint density at radius 1 is 1.29 bits per heavy atom. The number of Topliss-reactive ketones (excluding diaryl/α,β-unsaturated/α-hetero) is 1. The maximum Gasteiger partial charge on any atom is 0.216 e. The molecule has 0 aliphatic heterocycles. The minimum absolute atomic E-state index is 0.0359. The molecule has 0 spiro atoms. The van der Waals surface area contributed by atoms with Crippen LogP contribution in [0.2, 0.25) is 0 Å². The van der Waals surface area contributed by atoms with Crippen LogP contribution in [0, 0.1) is 0 Å². The number of pyridine rings is 1. The van der Waals surface area contributed by atoms with E-state index in [4.69, 9.17) is 0 Å². The number of thioether (sulfide) groups is 1. The van der Waals surface area contributed by atoms with E-state index in [1.165, 1.54) is 30.0 Å². The second kappa shape index (κ2) is 7.63. The highest BCUT2D eigenvalue weighted by atomic mass is 32.2. The Morgan fingerprint density at radius 3 is 3.00 bits per heavy atom. The molecule has 0 saturated heterocycles. The Hall–Kier alpha value is -2.12. The van der Waals surface area contributed by atoms with Gasteiger partial charge in [0.2, 0.25) is 5.91 Å². The second-order valence-corrected chi connectivity index (χ2v) is 7.36. The summed E-state index contributed by atoms with van der Waals surface area (Å²) in [6.45, 7) is 2.10. The average molecular weight is 359 g/mol. The van der Waals surface area contributed by atoms with Crippen LogP contribution < -0.4 is 5.32 Å². The van der Waals surface area contributed by atoms with Crippen LogP contribution in [0.5, 0.6) is 0 Å². The first kappa shape index (κ1) is 16.7. The number of hydrogen-bond donors (Lipinski definition) is 1. The Labute approximate surface area is 148 Å². The van der Waals surface area contributed by atoms with Crippen molar-refractivity contribution in [3.8, 4) is 0 Å². The van der Waals surface area contributed by atoms with Crippen LogP contribution >= 0.6 is 23.1 Å². The molecule has 124 valence electrons. The quantitative estimate of drug-likeness (QED) is 0.520. The van der Waals surface area contributed by atoms with E-state index in [2.05, 4.69) is 10.3 Å². The summed E-state index contributed by atoms with van der Waals surface area (Å²) >= 11 is 2.93. The zero-order valence-corrected chi connectivity index (χ0v) is 14.8. The molecule has 0 fully saturated rings. The van der Waals surface area contributed by atoms with E-state index in [-0.39, 0.29) is 11.7 Å². The number of carbonyl (C=O) groups is 2. The molecule has 0 aliphatic rings. The predicted molar refractivity (Wildman–Crippen MR) is 97.0 cm³/mol. The summed E-state index contributed by atoms with van der Waals surface area (Å²) in [6.07, 6.45) is 4.49. The molecule has 0 unspecified atom stereocenters. The number of nitrogens with zero attached hydrogens (tertiary/aromatic N) is 2. The summed E-state index contributed by atoms with van der Waals surface area (Å²) in [5.41, 5.74) is 1.02. The summed E-state index contributed by atoms with van der Waals surface area (Å²) in [6, 6.07) is 9.71. The first-order valence-electron chi connectivity index (χ1n) is 7.55. The topological polar surface area (TPSA) is 63.5 Å². The molecule has 3 heterocycles. The Kier molecular flexibility index (Phi) is 5.32. The molecule has 0 radical (unpaired) electrons. The molecule has 24 heavy (non-hydrogen) atoms. The number of carbonyl (C=O) groups excluding carboxylic acids is 2. The standard InChI is InChI=1S/C17H17N3O2S2/c1-12(21)18-8-7-14-5-6-16(24-14)15(22)11-23-17-19-10-13-4-2-3-9-20(13)17/h2-6,9-10H,7-8,11H2,1H3,(H,18,21). The van der Waals surface area contributed by atoms with Crippen LogP contribution in [-0.4, -0.2) is 33.4 Å². The first-order chi connectivity index (χ1) is 11.6. The largest absolute Gasteiger partial charge is 0.356 e. The number of ketones is 1. The molecular weight excluding hydrogens is 342 g/mol. The van der Waals surface area contributed by atoms with Crippen molar-refractivity contribution < 1.29 is 9.59 Å². The fourth-order valence-electron chi connectivity index (χ4n) is 2.25. The lowest BCUT2D eigenvalue weighted by Gasteiger charge is -2.00. The van der Waals surface area contributed by atoms with Gasteiger partial charge in [0.1, 0.15) is 0 Å². The van der Waals surface area contributed by atoms with Crippen LogP contribution in [0.4, 0.5) is 0 Å². The number of thiophene rings is 1. The van der Waals surface area contributed by atoms with Gasteiger partial charge < -0.3 is 5.32 Å². The van der Waals surface area contributed by atoms with Gasteiger partial charge in [0.25, 0.3) is 0 Å². The first-order valence-corrected chi connectivity index (χ1v) is 9.35. The van der Waals surface area contributed by atoms with Crippen molar-refractivity contribution in [3.05, 3.63) is 52.5 Å². The van der Waals surface area contributed by atoms with E-state index in [9.17, 15) is 9.59 Å². The number of aromatic nitrogens is 2. The predicted octanol–water partition coefficient (Wildman–Crippen LogP) is 3.05. The molecule has 7 heteroatoms. The summed E-state index contributed by atoms with van der Waals surface area (Å²) in [5, 5.41) is 3.58. The molecule has 1 N–H and O–H groups in total. The minimum Gasteiger partial charge on any atom is -0.356 e. The van der Waals surface area contributed by atoms with Gasteiger partial charge in [0, 0.05) is 24.5 Å². The molecule has 0 aromatic carbocycles. The third-order valence-electron chi connectivity index (χ3n) is 3.42. The highest BCUT2D eigenvalue weighted by Gasteiger charge is 2.12. The molecule has 0 saturated carbocycles. The van der Waals surface area contributed by atoms with Crippen molar-refractivity contribution in [2.24, 2.45) is 0 Å². The zero-order chi connectivity index (χ0) is 16.9.